The van der Waals surface area contributed by atoms with Gasteiger partial charge in [0.15, 0.2) is 0 Å². The van der Waals surface area contributed by atoms with Crippen molar-refractivity contribution in [2.45, 2.75) is 0 Å². The van der Waals surface area contributed by atoms with Crippen LogP contribution in [0.25, 0.3) is 0 Å². The molecule has 1 amide bonds. The molecule has 10 heteroatoms. The van der Waals surface area contributed by atoms with Gasteiger partial charge in [-0.2, -0.15) is 0 Å². The summed E-state index contributed by atoms with van der Waals surface area (Å²) in [5.41, 5.74) is 0.485. The van der Waals surface area contributed by atoms with Crippen molar-refractivity contribution in [1.29, 1.82) is 0 Å². The molecule has 1 aromatic rings. The van der Waals surface area contributed by atoms with Crippen molar-refractivity contribution in [2.75, 3.05) is 11.1 Å². The second-order valence-electron chi connectivity index (χ2n) is 2.73. The summed E-state index contributed by atoms with van der Waals surface area (Å²) in [6, 6.07) is 6.29. The summed E-state index contributed by atoms with van der Waals surface area (Å²) in [7, 11) is -4.39. The van der Waals surface area contributed by atoms with E-state index in [0.717, 1.165) is 0 Å². The molecule has 0 bridgehead atoms. The van der Waals surface area contributed by atoms with Crippen molar-refractivity contribution in [3.8, 4) is 0 Å². The Morgan fingerprint density at radius 1 is 1.28 bits per heavy atom. The topological polar surface area (TPSA) is 92.3 Å². The van der Waals surface area contributed by atoms with Gasteiger partial charge in [0.2, 0.25) is 10.3 Å². The van der Waals surface area contributed by atoms with Crippen molar-refractivity contribution in [3.63, 3.8) is 0 Å². The molecule has 0 aromatic heterocycles. The standard InChI is InChI=1S/C8H8ClNO4S2.2Na/c9-6-1-3-7(4-2-6)10-8(11)5-15-16(12,13)14;;/h1-4H,5H2,(H2-,10,11,12,13,14);;/q;2*+1/p-1. The Labute approximate surface area is 158 Å². The fourth-order valence-corrected chi connectivity index (χ4v) is 2.06. The second-order valence-corrected chi connectivity index (χ2v) is 6.43. The molecular formula is C8H7ClNNa2O4S2+. The van der Waals surface area contributed by atoms with Gasteiger partial charge in [0.25, 0.3) is 11.7 Å². The first-order chi connectivity index (χ1) is 7.37. The minimum absolute atomic E-state index is 0. The maximum Gasteiger partial charge on any atom is 1.00 e. The minimum Gasteiger partial charge on any atom is -0.746 e. The molecule has 18 heavy (non-hydrogen) atoms. The maximum atomic E-state index is 11.2. The predicted octanol–water partition coefficient (Wildman–Crippen LogP) is -5.17. The first kappa shape index (κ1) is 21.6. The average Bonchev–Trinajstić information content (AvgIpc) is 2.18. The summed E-state index contributed by atoms with van der Waals surface area (Å²) in [5.74, 6) is -0.999. The Hall–Kier alpha value is 1.27. The van der Waals surface area contributed by atoms with E-state index < -0.39 is 20.7 Å². The molecule has 0 heterocycles. The summed E-state index contributed by atoms with van der Waals surface area (Å²) in [6.07, 6.45) is 0. The van der Waals surface area contributed by atoms with Crippen LogP contribution in [0.4, 0.5) is 5.69 Å². The number of carbonyl (C=O) groups excluding carboxylic acids is 1. The van der Waals surface area contributed by atoms with Gasteiger partial charge in [-0.15, -0.1) is 0 Å². The monoisotopic (exact) mass is 326 g/mol. The van der Waals surface area contributed by atoms with Crippen LogP contribution >= 0.6 is 11.6 Å². The summed E-state index contributed by atoms with van der Waals surface area (Å²) < 4.78 is 30.7. The molecule has 0 aliphatic heterocycles. The Bertz CT molecular complexity index is 494. The molecule has 0 spiro atoms. The number of nitrogens with one attached hydrogen (secondary N) is 1. The number of rotatable bonds is 3. The average molecular weight is 327 g/mol. The Morgan fingerprint density at radius 2 is 1.78 bits per heavy atom. The van der Waals surface area contributed by atoms with E-state index in [1.807, 2.05) is 0 Å². The van der Waals surface area contributed by atoms with Crippen LogP contribution in [0.15, 0.2) is 24.3 Å². The molecule has 0 aliphatic carbocycles. The van der Waals surface area contributed by atoms with E-state index in [2.05, 4.69) is 5.32 Å². The number of halogens is 1. The third kappa shape index (κ3) is 10.1. The minimum atomic E-state index is -4.43. The van der Waals surface area contributed by atoms with Crippen LogP contribution in [-0.4, -0.2) is 25.0 Å². The van der Waals surface area contributed by atoms with Crippen molar-refractivity contribution in [1.82, 2.24) is 0 Å². The number of carbonyl (C=O) groups is 1. The van der Waals surface area contributed by atoms with Gasteiger partial charge in [-0.05, 0) is 24.3 Å². The van der Waals surface area contributed by atoms with Gasteiger partial charge in [0.05, 0.1) is 9.05 Å². The van der Waals surface area contributed by atoms with Gasteiger partial charge in [0.1, 0.15) is 0 Å². The van der Waals surface area contributed by atoms with E-state index in [9.17, 15) is 18.1 Å². The zero-order valence-corrected chi connectivity index (χ0v) is 16.2. The number of hydrogen-bond donors (Lipinski definition) is 1. The summed E-state index contributed by atoms with van der Waals surface area (Å²) >= 11 is 5.63. The quantitative estimate of drug-likeness (QED) is 0.444. The first-order valence-corrected chi connectivity index (χ1v) is 7.31. The van der Waals surface area contributed by atoms with Gasteiger partial charge >= 0.3 is 59.1 Å². The molecule has 0 radical (unpaired) electrons. The first-order valence-electron chi connectivity index (χ1n) is 4.02. The molecule has 0 unspecified atom stereocenters. The fourth-order valence-electron chi connectivity index (χ4n) is 0.856. The smallest absolute Gasteiger partial charge is 0.746 e. The number of hydrogen-bond acceptors (Lipinski definition) is 4. The Morgan fingerprint density at radius 3 is 2.22 bits per heavy atom. The van der Waals surface area contributed by atoms with Crippen molar-refractivity contribution in [2.24, 2.45) is 0 Å². The van der Waals surface area contributed by atoms with E-state index in [1.165, 1.54) is 0 Å². The zero-order chi connectivity index (χ0) is 12.2. The fraction of sp³-hybridized carbons (Fsp3) is 0.125. The largest absolute Gasteiger partial charge is 1.00 e. The Balaban J connectivity index is 0. The van der Waals surface area contributed by atoms with Crippen molar-refractivity contribution < 1.29 is 77.2 Å². The van der Waals surface area contributed by atoms with E-state index in [-0.39, 0.29) is 69.4 Å². The van der Waals surface area contributed by atoms with Crippen LogP contribution in [0, 0.1) is 0 Å². The number of anilines is 1. The summed E-state index contributed by atoms with van der Waals surface area (Å²) in [6.45, 7) is 0. The van der Waals surface area contributed by atoms with E-state index >= 15 is 0 Å². The molecule has 1 rings (SSSR count). The second kappa shape index (κ2) is 10.1. The molecule has 5 nitrogen and oxygen atoms in total. The summed E-state index contributed by atoms with van der Waals surface area (Å²) in [5, 5.41) is 2.94. The van der Waals surface area contributed by atoms with Gasteiger partial charge in [-0.3, -0.25) is 4.79 Å². The molecule has 88 valence electrons. The van der Waals surface area contributed by atoms with Crippen LogP contribution in [0.2, 0.25) is 5.02 Å². The Kier molecular flexibility index (Phi) is 12.1. The molecule has 0 saturated heterocycles. The zero-order valence-electron chi connectivity index (χ0n) is 9.84. The van der Waals surface area contributed by atoms with Crippen molar-refractivity contribution in [3.05, 3.63) is 29.3 Å². The third-order valence-electron chi connectivity index (χ3n) is 1.46. The molecule has 0 atom stereocenters. The normalized spacial score (nSPS) is 9.72. The van der Waals surface area contributed by atoms with Gasteiger partial charge in [0, 0.05) is 10.7 Å². The number of benzene rings is 1. The van der Waals surface area contributed by atoms with E-state index in [1.54, 1.807) is 24.3 Å². The SMILES string of the molecule is O=C(C[S+]=S(=O)([O-])[O-])Nc1ccc(Cl)cc1.[Na+].[Na+]. The molecule has 0 saturated carbocycles. The molecule has 1 aromatic carbocycles. The van der Waals surface area contributed by atoms with E-state index in [4.69, 9.17) is 11.6 Å². The van der Waals surface area contributed by atoms with Gasteiger partial charge in [-0.1, -0.05) is 11.6 Å². The van der Waals surface area contributed by atoms with Crippen LogP contribution in [0.1, 0.15) is 0 Å². The maximum absolute atomic E-state index is 11.2. The molecule has 0 fully saturated rings. The summed E-state index contributed by atoms with van der Waals surface area (Å²) in [4.78, 5) is 11.2. The molecular weight excluding hydrogens is 320 g/mol. The van der Waals surface area contributed by atoms with Gasteiger partial charge in [-0.25, -0.2) is 4.21 Å². The molecule has 0 aliphatic rings. The van der Waals surface area contributed by atoms with Gasteiger partial charge < -0.3 is 14.4 Å². The van der Waals surface area contributed by atoms with Crippen LogP contribution in [-0.2, 0) is 24.2 Å². The third-order valence-corrected chi connectivity index (χ3v) is 3.60. The van der Waals surface area contributed by atoms with E-state index in [0.29, 0.717) is 10.7 Å². The van der Waals surface area contributed by atoms with Crippen LogP contribution in [0.5, 0.6) is 0 Å². The predicted molar refractivity (Wildman–Crippen MR) is 62.0 cm³/mol. The van der Waals surface area contributed by atoms with Crippen molar-refractivity contribution >= 4 is 42.6 Å². The van der Waals surface area contributed by atoms with Crippen LogP contribution < -0.4 is 64.4 Å². The van der Waals surface area contributed by atoms with Crippen LogP contribution in [0.3, 0.4) is 0 Å². The number of amides is 1. The molecule has 1 N–H and O–H groups in total.